The molecule has 0 saturated carbocycles. The summed E-state index contributed by atoms with van der Waals surface area (Å²) in [5.41, 5.74) is 0.724. The Balaban J connectivity index is 2.97. The normalized spacial score (nSPS) is 12.3. The summed E-state index contributed by atoms with van der Waals surface area (Å²) < 4.78 is 10.8. The molecule has 3 heteroatoms. The van der Waals surface area contributed by atoms with Gasteiger partial charge in [0.25, 0.3) is 0 Å². The molecule has 0 heterocycles. The molecule has 0 saturated heterocycles. The van der Waals surface area contributed by atoms with E-state index in [4.69, 9.17) is 9.47 Å². The zero-order valence-electron chi connectivity index (χ0n) is 9.19. The zero-order valence-corrected chi connectivity index (χ0v) is 9.19. The van der Waals surface area contributed by atoms with E-state index in [1.54, 1.807) is 18.2 Å². The number of rotatable bonds is 5. The predicted octanol–water partition coefficient (Wildman–Crippen LogP) is 2.35. The third-order valence-corrected chi connectivity index (χ3v) is 1.95. The second kappa shape index (κ2) is 5.61. The van der Waals surface area contributed by atoms with E-state index in [1.807, 2.05) is 13.8 Å². The van der Waals surface area contributed by atoms with Gasteiger partial charge in [0, 0.05) is 0 Å². The van der Waals surface area contributed by atoms with E-state index < -0.39 is 6.10 Å². The molecule has 0 amide bonds. The van der Waals surface area contributed by atoms with E-state index in [0.717, 1.165) is 5.56 Å². The van der Waals surface area contributed by atoms with E-state index in [0.29, 0.717) is 24.7 Å². The van der Waals surface area contributed by atoms with Crippen molar-refractivity contribution in [3.63, 3.8) is 0 Å². The fraction of sp³-hybridized carbons (Fsp3) is 0.417. The lowest BCUT2D eigenvalue weighted by Crippen LogP contribution is -2.00. The molecule has 0 aliphatic heterocycles. The van der Waals surface area contributed by atoms with Crippen molar-refractivity contribution in [2.24, 2.45) is 0 Å². The lowest BCUT2D eigenvalue weighted by molar-refractivity contribution is 0.224. The molecule has 83 valence electrons. The van der Waals surface area contributed by atoms with E-state index in [-0.39, 0.29) is 0 Å². The van der Waals surface area contributed by atoms with Gasteiger partial charge in [-0.05, 0) is 38.5 Å². The van der Waals surface area contributed by atoms with Gasteiger partial charge in [0.2, 0.25) is 0 Å². The minimum Gasteiger partial charge on any atom is -0.490 e. The largest absolute Gasteiger partial charge is 0.490 e. The predicted molar refractivity (Wildman–Crippen MR) is 59.1 cm³/mol. The SMILES string of the molecule is [CH2]C(O)c1ccc(OCC)c(OCC)c1. The molecule has 0 aliphatic carbocycles. The minimum atomic E-state index is -0.736. The first kappa shape index (κ1) is 11.9. The Morgan fingerprint density at radius 3 is 2.33 bits per heavy atom. The number of benzene rings is 1. The number of hydrogen-bond donors (Lipinski definition) is 1. The summed E-state index contributed by atoms with van der Waals surface area (Å²) in [4.78, 5) is 0. The standard InChI is InChI=1S/C12H17O3/c1-4-14-11-7-6-10(9(3)13)8-12(11)15-5-2/h6-9,13H,3-5H2,1-2H3. The maximum absolute atomic E-state index is 9.33. The highest BCUT2D eigenvalue weighted by Crippen LogP contribution is 2.30. The van der Waals surface area contributed by atoms with Crippen molar-refractivity contribution in [3.05, 3.63) is 30.7 Å². The molecular formula is C12H17O3. The third-order valence-electron chi connectivity index (χ3n) is 1.95. The summed E-state index contributed by atoms with van der Waals surface area (Å²) in [6, 6.07) is 5.33. The van der Waals surface area contributed by atoms with Gasteiger partial charge in [-0.3, -0.25) is 0 Å². The number of aliphatic hydroxyl groups excluding tert-OH is 1. The van der Waals surface area contributed by atoms with Crippen molar-refractivity contribution < 1.29 is 14.6 Å². The van der Waals surface area contributed by atoms with E-state index in [2.05, 4.69) is 6.92 Å². The zero-order chi connectivity index (χ0) is 11.3. The Bertz CT molecular complexity index is 308. The molecule has 1 N–H and O–H groups in total. The Labute approximate surface area is 90.6 Å². The quantitative estimate of drug-likeness (QED) is 0.809. The average molecular weight is 209 g/mol. The Kier molecular flexibility index (Phi) is 4.43. The smallest absolute Gasteiger partial charge is 0.161 e. The Morgan fingerprint density at radius 1 is 1.20 bits per heavy atom. The molecule has 1 aromatic rings. The van der Waals surface area contributed by atoms with Gasteiger partial charge in [0.1, 0.15) is 0 Å². The first-order valence-electron chi connectivity index (χ1n) is 5.09. The van der Waals surface area contributed by atoms with Crippen molar-refractivity contribution in [3.8, 4) is 11.5 Å². The molecule has 1 radical (unpaired) electrons. The molecule has 0 aromatic heterocycles. The van der Waals surface area contributed by atoms with E-state index in [9.17, 15) is 5.11 Å². The van der Waals surface area contributed by atoms with Crippen LogP contribution in [0, 0.1) is 6.92 Å². The molecule has 0 spiro atoms. The van der Waals surface area contributed by atoms with Crippen LogP contribution >= 0.6 is 0 Å². The van der Waals surface area contributed by atoms with Crippen LogP contribution in [0.4, 0.5) is 0 Å². The van der Waals surface area contributed by atoms with Crippen LogP contribution in [0.5, 0.6) is 11.5 Å². The minimum absolute atomic E-state index is 0.566. The van der Waals surface area contributed by atoms with Gasteiger partial charge in [-0.15, -0.1) is 0 Å². The topological polar surface area (TPSA) is 38.7 Å². The molecule has 0 bridgehead atoms. The summed E-state index contributed by atoms with van der Waals surface area (Å²) in [6.07, 6.45) is -0.736. The van der Waals surface area contributed by atoms with Crippen LogP contribution in [0.3, 0.4) is 0 Å². The number of hydrogen-bond acceptors (Lipinski definition) is 3. The lowest BCUT2D eigenvalue weighted by Gasteiger charge is -2.13. The van der Waals surface area contributed by atoms with E-state index >= 15 is 0 Å². The first-order valence-corrected chi connectivity index (χ1v) is 5.09. The second-order valence-corrected chi connectivity index (χ2v) is 3.09. The first-order chi connectivity index (χ1) is 7.19. The highest BCUT2D eigenvalue weighted by atomic mass is 16.5. The van der Waals surface area contributed by atoms with Gasteiger partial charge in [-0.1, -0.05) is 6.07 Å². The van der Waals surface area contributed by atoms with Crippen LogP contribution < -0.4 is 9.47 Å². The van der Waals surface area contributed by atoms with Crippen LogP contribution in [0.2, 0.25) is 0 Å². The molecule has 1 rings (SSSR count). The van der Waals surface area contributed by atoms with Crippen LogP contribution in [-0.2, 0) is 0 Å². The number of ether oxygens (including phenoxy) is 2. The van der Waals surface area contributed by atoms with Crippen molar-refractivity contribution in [1.29, 1.82) is 0 Å². The molecule has 15 heavy (non-hydrogen) atoms. The maximum atomic E-state index is 9.33. The van der Waals surface area contributed by atoms with Crippen molar-refractivity contribution >= 4 is 0 Å². The number of aliphatic hydroxyl groups is 1. The Morgan fingerprint density at radius 2 is 1.80 bits per heavy atom. The highest BCUT2D eigenvalue weighted by Gasteiger charge is 2.08. The molecule has 0 fully saturated rings. The Hall–Kier alpha value is -1.22. The second-order valence-electron chi connectivity index (χ2n) is 3.09. The molecular weight excluding hydrogens is 192 g/mol. The van der Waals surface area contributed by atoms with Gasteiger partial charge < -0.3 is 14.6 Å². The van der Waals surface area contributed by atoms with Crippen LogP contribution in [0.15, 0.2) is 18.2 Å². The fourth-order valence-electron chi connectivity index (χ4n) is 1.27. The van der Waals surface area contributed by atoms with Gasteiger partial charge in [-0.2, -0.15) is 0 Å². The average Bonchev–Trinajstić information content (AvgIpc) is 2.21. The van der Waals surface area contributed by atoms with Crippen LogP contribution in [0.1, 0.15) is 25.5 Å². The highest BCUT2D eigenvalue weighted by molar-refractivity contribution is 5.43. The van der Waals surface area contributed by atoms with E-state index in [1.165, 1.54) is 0 Å². The molecule has 3 nitrogen and oxygen atoms in total. The lowest BCUT2D eigenvalue weighted by atomic mass is 10.1. The maximum Gasteiger partial charge on any atom is 0.161 e. The monoisotopic (exact) mass is 209 g/mol. The molecule has 1 aromatic carbocycles. The van der Waals surface area contributed by atoms with Crippen molar-refractivity contribution in [2.75, 3.05) is 13.2 Å². The fourth-order valence-corrected chi connectivity index (χ4v) is 1.27. The summed E-state index contributed by atoms with van der Waals surface area (Å²) in [5.74, 6) is 1.35. The van der Waals surface area contributed by atoms with Crippen LogP contribution in [-0.4, -0.2) is 18.3 Å². The van der Waals surface area contributed by atoms with Crippen LogP contribution in [0.25, 0.3) is 0 Å². The van der Waals surface area contributed by atoms with Crippen molar-refractivity contribution in [2.45, 2.75) is 20.0 Å². The summed E-state index contributed by atoms with van der Waals surface area (Å²) >= 11 is 0. The van der Waals surface area contributed by atoms with Gasteiger partial charge in [0.05, 0.1) is 19.3 Å². The summed E-state index contributed by atoms with van der Waals surface area (Å²) in [6.45, 7) is 8.52. The van der Waals surface area contributed by atoms with Gasteiger partial charge in [-0.25, -0.2) is 0 Å². The summed E-state index contributed by atoms with van der Waals surface area (Å²) in [7, 11) is 0. The third kappa shape index (κ3) is 3.13. The molecule has 1 atom stereocenters. The summed E-state index contributed by atoms with van der Waals surface area (Å²) in [5, 5.41) is 9.33. The molecule has 1 unspecified atom stereocenters. The van der Waals surface area contributed by atoms with Crippen molar-refractivity contribution in [1.82, 2.24) is 0 Å². The molecule has 0 aliphatic rings. The van der Waals surface area contributed by atoms with Gasteiger partial charge >= 0.3 is 0 Å². The van der Waals surface area contributed by atoms with Gasteiger partial charge in [0.15, 0.2) is 11.5 Å².